The molecule has 2 aromatic rings. The number of benzene rings is 2. The zero-order chi connectivity index (χ0) is 23.5. The number of anilines is 1. The highest BCUT2D eigenvalue weighted by atomic mass is 16.6. The van der Waals surface area contributed by atoms with Gasteiger partial charge in [0.25, 0.3) is 0 Å². The summed E-state index contributed by atoms with van der Waals surface area (Å²) in [6.45, 7) is 2.33. The molecule has 1 atom stereocenters. The summed E-state index contributed by atoms with van der Waals surface area (Å²) in [5.74, 6) is 1.63. The first kappa shape index (κ1) is 24.1. The van der Waals surface area contributed by atoms with E-state index in [1.165, 1.54) is 0 Å². The summed E-state index contributed by atoms with van der Waals surface area (Å²) in [5.41, 5.74) is 1.49. The van der Waals surface area contributed by atoms with Crippen molar-refractivity contribution in [3.8, 4) is 17.2 Å². The van der Waals surface area contributed by atoms with Crippen LogP contribution in [-0.2, 0) is 11.2 Å². The second-order valence-electron chi connectivity index (χ2n) is 7.38. The molecule has 178 valence electrons. The minimum absolute atomic E-state index is 0.101. The number of rotatable bonds is 11. The Bertz CT molecular complexity index is 922. The largest absolute Gasteiger partial charge is 0.487 e. The van der Waals surface area contributed by atoms with E-state index in [9.17, 15) is 14.7 Å². The van der Waals surface area contributed by atoms with E-state index in [2.05, 4.69) is 21.3 Å². The third kappa shape index (κ3) is 7.85. The number of carbonyl (C=O) groups is 2. The van der Waals surface area contributed by atoms with Gasteiger partial charge in [0.05, 0.1) is 6.42 Å². The summed E-state index contributed by atoms with van der Waals surface area (Å²) < 4.78 is 16.8. The lowest BCUT2D eigenvalue weighted by atomic mass is 10.1. The van der Waals surface area contributed by atoms with Crippen LogP contribution in [0.1, 0.15) is 5.56 Å². The summed E-state index contributed by atoms with van der Waals surface area (Å²) in [6, 6.07) is 12.2. The molecule has 3 amide bonds. The van der Waals surface area contributed by atoms with Gasteiger partial charge in [-0.2, -0.15) is 0 Å². The van der Waals surface area contributed by atoms with E-state index in [1.54, 1.807) is 37.4 Å². The van der Waals surface area contributed by atoms with E-state index in [0.717, 1.165) is 5.56 Å². The minimum atomic E-state index is -0.719. The highest BCUT2D eigenvalue weighted by Gasteiger charge is 2.17. The Labute approximate surface area is 192 Å². The van der Waals surface area contributed by atoms with Crippen molar-refractivity contribution in [1.82, 2.24) is 16.0 Å². The van der Waals surface area contributed by atoms with Gasteiger partial charge in [-0.3, -0.25) is 4.79 Å². The monoisotopic (exact) mass is 458 g/mol. The number of amides is 3. The molecule has 0 spiro atoms. The minimum Gasteiger partial charge on any atom is -0.487 e. The quantitative estimate of drug-likeness (QED) is 0.316. The molecule has 2 aromatic carbocycles. The van der Waals surface area contributed by atoms with Gasteiger partial charge in [0.1, 0.15) is 25.9 Å². The van der Waals surface area contributed by atoms with Crippen LogP contribution in [-0.4, -0.2) is 69.7 Å². The zero-order valence-corrected chi connectivity index (χ0v) is 18.6. The number of hydrogen-bond acceptors (Lipinski definition) is 7. The van der Waals surface area contributed by atoms with E-state index in [4.69, 9.17) is 14.2 Å². The van der Waals surface area contributed by atoms with Crippen molar-refractivity contribution in [2.75, 3.05) is 51.8 Å². The molecular formula is C23H30N4O6. The van der Waals surface area contributed by atoms with Crippen LogP contribution in [0.2, 0.25) is 0 Å². The summed E-state index contributed by atoms with van der Waals surface area (Å²) in [4.78, 5) is 23.4. The number of carbonyl (C=O) groups excluding carboxylic acids is 2. The highest BCUT2D eigenvalue weighted by Crippen LogP contribution is 2.38. The van der Waals surface area contributed by atoms with Gasteiger partial charge in [-0.1, -0.05) is 18.2 Å². The molecule has 5 N–H and O–H groups in total. The van der Waals surface area contributed by atoms with Crippen LogP contribution in [0.3, 0.4) is 0 Å². The Morgan fingerprint density at radius 2 is 1.88 bits per heavy atom. The predicted molar refractivity (Wildman–Crippen MR) is 123 cm³/mol. The molecule has 0 radical (unpaired) electrons. The molecule has 0 saturated carbocycles. The Kier molecular flexibility index (Phi) is 9.16. The SMILES string of the molecule is CNC(=O)Nc1ccc(CC(=O)NCCNCC(O)COc2cccc3c2OCCO3)cc1. The molecule has 0 bridgehead atoms. The fourth-order valence-corrected chi connectivity index (χ4v) is 3.11. The maximum Gasteiger partial charge on any atom is 0.318 e. The van der Waals surface area contributed by atoms with Crippen molar-refractivity contribution in [2.24, 2.45) is 0 Å². The molecule has 0 aliphatic carbocycles. The van der Waals surface area contributed by atoms with Crippen LogP contribution in [0.15, 0.2) is 42.5 Å². The smallest absolute Gasteiger partial charge is 0.318 e. The first-order valence-electron chi connectivity index (χ1n) is 10.8. The van der Waals surface area contributed by atoms with Gasteiger partial charge in [-0.05, 0) is 29.8 Å². The molecule has 1 aliphatic heterocycles. The third-order valence-electron chi connectivity index (χ3n) is 4.77. The van der Waals surface area contributed by atoms with Crippen LogP contribution in [0, 0.1) is 0 Å². The Hall–Kier alpha value is -3.50. The van der Waals surface area contributed by atoms with Crippen LogP contribution in [0.25, 0.3) is 0 Å². The number of aliphatic hydroxyl groups excluding tert-OH is 1. The van der Waals surface area contributed by atoms with Crippen molar-refractivity contribution in [3.63, 3.8) is 0 Å². The number of urea groups is 1. The third-order valence-corrected chi connectivity index (χ3v) is 4.77. The van der Waals surface area contributed by atoms with Crippen molar-refractivity contribution >= 4 is 17.6 Å². The predicted octanol–water partition coefficient (Wildman–Crippen LogP) is 0.897. The number of hydrogen-bond donors (Lipinski definition) is 5. The van der Waals surface area contributed by atoms with E-state index in [1.807, 2.05) is 12.1 Å². The fourth-order valence-electron chi connectivity index (χ4n) is 3.11. The Morgan fingerprint density at radius 3 is 2.67 bits per heavy atom. The van der Waals surface area contributed by atoms with Gasteiger partial charge in [0.2, 0.25) is 11.7 Å². The summed E-state index contributed by atoms with van der Waals surface area (Å²) in [7, 11) is 1.54. The highest BCUT2D eigenvalue weighted by molar-refractivity contribution is 5.89. The number of para-hydroxylation sites is 1. The molecule has 1 heterocycles. The molecule has 0 aromatic heterocycles. The number of fused-ring (bicyclic) bond motifs is 1. The van der Waals surface area contributed by atoms with E-state index < -0.39 is 6.10 Å². The summed E-state index contributed by atoms with van der Waals surface area (Å²) in [5, 5.41) is 21.2. The Balaban J connectivity index is 1.28. The van der Waals surface area contributed by atoms with Crippen LogP contribution in [0.5, 0.6) is 17.2 Å². The summed E-state index contributed by atoms with van der Waals surface area (Å²) >= 11 is 0. The van der Waals surface area contributed by atoms with E-state index in [0.29, 0.717) is 55.8 Å². The maximum absolute atomic E-state index is 12.1. The average molecular weight is 459 g/mol. The van der Waals surface area contributed by atoms with Crippen molar-refractivity contribution in [3.05, 3.63) is 48.0 Å². The first-order valence-corrected chi connectivity index (χ1v) is 10.8. The van der Waals surface area contributed by atoms with E-state index in [-0.39, 0.29) is 25.0 Å². The van der Waals surface area contributed by atoms with Gasteiger partial charge in [0, 0.05) is 32.4 Å². The lowest BCUT2D eigenvalue weighted by Gasteiger charge is -2.21. The molecule has 10 heteroatoms. The van der Waals surface area contributed by atoms with Gasteiger partial charge in [0.15, 0.2) is 11.5 Å². The lowest BCUT2D eigenvalue weighted by molar-refractivity contribution is -0.120. The molecule has 1 aliphatic rings. The van der Waals surface area contributed by atoms with Gasteiger partial charge in [-0.25, -0.2) is 4.79 Å². The fraction of sp³-hybridized carbons (Fsp3) is 0.391. The van der Waals surface area contributed by atoms with Crippen LogP contribution < -0.4 is 35.5 Å². The van der Waals surface area contributed by atoms with E-state index >= 15 is 0 Å². The van der Waals surface area contributed by atoms with Gasteiger partial charge in [-0.15, -0.1) is 0 Å². The molecule has 0 fully saturated rings. The molecule has 10 nitrogen and oxygen atoms in total. The molecule has 0 saturated heterocycles. The molecule has 3 rings (SSSR count). The van der Waals surface area contributed by atoms with Gasteiger partial charge < -0.3 is 40.6 Å². The molecular weight excluding hydrogens is 428 g/mol. The lowest BCUT2D eigenvalue weighted by Crippen LogP contribution is -2.37. The van der Waals surface area contributed by atoms with Crippen molar-refractivity contribution in [1.29, 1.82) is 0 Å². The summed E-state index contributed by atoms with van der Waals surface area (Å²) in [6.07, 6.45) is -0.479. The van der Waals surface area contributed by atoms with Crippen molar-refractivity contribution < 1.29 is 28.9 Å². The normalized spacial score (nSPS) is 13.0. The topological polar surface area (TPSA) is 130 Å². The Morgan fingerprint density at radius 1 is 1.09 bits per heavy atom. The zero-order valence-electron chi connectivity index (χ0n) is 18.6. The van der Waals surface area contributed by atoms with Crippen molar-refractivity contribution in [2.45, 2.75) is 12.5 Å². The molecule has 33 heavy (non-hydrogen) atoms. The average Bonchev–Trinajstić information content (AvgIpc) is 2.83. The van der Waals surface area contributed by atoms with Crippen LogP contribution in [0.4, 0.5) is 10.5 Å². The van der Waals surface area contributed by atoms with Gasteiger partial charge >= 0.3 is 6.03 Å². The number of nitrogens with one attached hydrogen (secondary N) is 4. The number of ether oxygens (including phenoxy) is 3. The standard InChI is InChI=1S/C23H30N4O6/c1-24-23(30)27-17-7-5-16(6-8-17)13-21(29)26-10-9-25-14-18(28)15-33-20-4-2-3-19-22(20)32-12-11-31-19/h2-8,18,25,28H,9-15H2,1H3,(H,26,29)(H2,24,27,30). The maximum atomic E-state index is 12.1. The second-order valence-corrected chi connectivity index (χ2v) is 7.38. The number of aliphatic hydroxyl groups is 1. The van der Waals surface area contributed by atoms with Crippen LogP contribution >= 0.6 is 0 Å². The second kappa shape index (κ2) is 12.5. The first-order chi connectivity index (χ1) is 16.0. The molecule has 1 unspecified atom stereocenters.